The van der Waals surface area contributed by atoms with Gasteiger partial charge in [0, 0.05) is 0 Å². The minimum absolute atomic E-state index is 0.938. The molecule has 1 aromatic carbocycles. The molecule has 0 saturated carbocycles. The van der Waals surface area contributed by atoms with Gasteiger partial charge in [-0.25, -0.2) is 0 Å². The second-order valence-electron chi connectivity index (χ2n) is 6.80. The molecule has 0 saturated heterocycles. The second-order valence-corrected chi connectivity index (χ2v) is 20.7. The van der Waals surface area contributed by atoms with Crippen LogP contribution in [-0.2, 0) is 4.44 Å². The molecule has 0 aromatic heterocycles. The number of benzene rings is 1. The first-order valence-electron chi connectivity index (χ1n) is 9.24. The van der Waals surface area contributed by atoms with Crippen LogP contribution in [0.25, 0.3) is 0 Å². The normalized spacial score (nSPS) is 11.6. The van der Waals surface area contributed by atoms with Crippen molar-refractivity contribution in [3.05, 3.63) is 35.4 Å². The van der Waals surface area contributed by atoms with Crippen LogP contribution < -0.4 is 0 Å². The van der Waals surface area contributed by atoms with E-state index in [0.29, 0.717) is 0 Å². The van der Waals surface area contributed by atoms with Crippen LogP contribution in [0.2, 0.25) is 13.3 Å². The molecule has 22 heavy (non-hydrogen) atoms. The van der Waals surface area contributed by atoms with E-state index in [1.807, 2.05) is 12.1 Å². The fourth-order valence-corrected chi connectivity index (χ4v) is 19.8. The molecule has 0 heterocycles. The summed E-state index contributed by atoms with van der Waals surface area (Å²) >= 11 is -2.17. The molecule has 0 aliphatic heterocycles. The Labute approximate surface area is 141 Å². The van der Waals surface area contributed by atoms with Crippen LogP contribution in [0, 0.1) is 0 Å². The third-order valence-corrected chi connectivity index (χ3v) is 20.3. The molecule has 1 aromatic rings. The summed E-state index contributed by atoms with van der Waals surface area (Å²) in [5.41, 5.74) is 2.28. The Morgan fingerprint density at radius 1 is 0.864 bits per heavy atom. The van der Waals surface area contributed by atoms with Crippen LogP contribution in [0.5, 0.6) is 0 Å². The van der Waals surface area contributed by atoms with Gasteiger partial charge in [-0.3, -0.25) is 0 Å². The molecular weight excluding hydrogens is 375 g/mol. The minimum atomic E-state index is -2.17. The van der Waals surface area contributed by atoms with Gasteiger partial charge < -0.3 is 0 Å². The van der Waals surface area contributed by atoms with Crippen LogP contribution >= 0.6 is 0 Å². The average molecular weight is 409 g/mol. The van der Waals surface area contributed by atoms with Crippen molar-refractivity contribution in [1.82, 2.24) is 0 Å². The molecular formula is C20H34OSn. The van der Waals surface area contributed by atoms with E-state index in [4.69, 9.17) is 0 Å². The molecule has 0 amide bonds. The van der Waals surface area contributed by atoms with E-state index in [1.165, 1.54) is 61.8 Å². The summed E-state index contributed by atoms with van der Waals surface area (Å²) in [7, 11) is 0. The fourth-order valence-electron chi connectivity index (χ4n) is 3.51. The summed E-state index contributed by atoms with van der Waals surface area (Å²) < 4.78 is 5.82. The van der Waals surface area contributed by atoms with Crippen molar-refractivity contribution in [3.63, 3.8) is 0 Å². The topological polar surface area (TPSA) is 17.1 Å². The predicted octanol–water partition coefficient (Wildman–Crippen LogP) is 6.43. The molecule has 0 N–H and O–H groups in total. The Kier molecular flexibility index (Phi) is 10.1. The van der Waals surface area contributed by atoms with Crippen LogP contribution in [0.4, 0.5) is 0 Å². The van der Waals surface area contributed by atoms with Crippen molar-refractivity contribution in [1.29, 1.82) is 0 Å². The Morgan fingerprint density at radius 2 is 1.36 bits per heavy atom. The van der Waals surface area contributed by atoms with E-state index >= 15 is 0 Å². The average Bonchev–Trinajstić information content (AvgIpc) is 2.56. The van der Waals surface area contributed by atoms with Crippen molar-refractivity contribution in [2.24, 2.45) is 0 Å². The molecule has 124 valence electrons. The summed E-state index contributed by atoms with van der Waals surface area (Å²) in [5, 5.41) is 0. The van der Waals surface area contributed by atoms with Crippen LogP contribution in [0.3, 0.4) is 0 Å². The number of carbonyl (C=O) groups excluding carboxylic acids is 1. The van der Waals surface area contributed by atoms with Crippen LogP contribution in [-0.4, -0.2) is 24.7 Å². The maximum absolute atomic E-state index is 11.4. The van der Waals surface area contributed by atoms with E-state index < -0.39 is 18.4 Å². The van der Waals surface area contributed by atoms with Crippen molar-refractivity contribution in [2.75, 3.05) is 0 Å². The van der Waals surface area contributed by atoms with Gasteiger partial charge in [-0.1, -0.05) is 0 Å². The van der Waals surface area contributed by atoms with E-state index in [0.717, 1.165) is 11.8 Å². The molecule has 1 nitrogen and oxygen atoms in total. The predicted molar refractivity (Wildman–Crippen MR) is 100 cm³/mol. The van der Waals surface area contributed by atoms with Gasteiger partial charge in [0.25, 0.3) is 0 Å². The van der Waals surface area contributed by atoms with Crippen LogP contribution in [0.15, 0.2) is 24.3 Å². The van der Waals surface area contributed by atoms with Gasteiger partial charge in [0.05, 0.1) is 0 Å². The molecule has 0 bridgehead atoms. The molecule has 0 radical (unpaired) electrons. The quantitative estimate of drug-likeness (QED) is 0.287. The zero-order valence-electron chi connectivity index (χ0n) is 14.9. The number of hydrogen-bond donors (Lipinski definition) is 0. The summed E-state index contributed by atoms with van der Waals surface area (Å²) in [5.74, 6) is 0. The van der Waals surface area contributed by atoms with Gasteiger partial charge in [0.2, 0.25) is 0 Å². The van der Waals surface area contributed by atoms with E-state index in [2.05, 4.69) is 32.9 Å². The fraction of sp³-hybridized carbons (Fsp3) is 0.650. The molecule has 0 unspecified atom stereocenters. The monoisotopic (exact) mass is 410 g/mol. The SMILES string of the molecule is CCC[CH2][Sn]([CH2]CCC)([CH2]CCC)[CH2]c1ccccc1C=O. The summed E-state index contributed by atoms with van der Waals surface area (Å²) in [4.78, 5) is 11.4. The summed E-state index contributed by atoms with van der Waals surface area (Å²) in [6, 6.07) is 8.31. The molecule has 0 aliphatic carbocycles. The first kappa shape index (κ1) is 19.7. The molecule has 0 spiro atoms. The number of aldehydes is 1. The molecule has 2 heteroatoms. The zero-order chi connectivity index (χ0) is 16.3. The Morgan fingerprint density at radius 3 is 1.82 bits per heavy atom. The molecule has 0 aliphatic rings. The van der Waals surface area contributed by atoms with Gasteiger partial charge in [-0.15, -0.1) is 0 Å². The maximum atomic E-state index is 11.4. The van der Waals surface area contributed by atoms with Crippen molar-refractivity contribution in [2.45, 2.75) is 77.0 Å². The number of rotatable bonds is 12. The van der Waals surface area contributed by atoms with Crippen molar-refractivity contribution < 1.29 is 4.79 Å². The number of carbonyl (C=O) groups is 1. The molecule has 0 atom stereocenters. The van der Waals surface area contributed by atoms with Crippen LogP contribution in [0.1, 0.15) is 75.2 Å². The Hall–Kier alpha value is -0.311. The third-order valence-electron chi connectivity index (χ3n) is 4.93. The summed E-state index contributed by atoms with van der Waals surface area (Å²) in [6.07, 6.45) is 9.18. The van der Waals surface area contributed by atoms with Gasteiger partial charge in [0.15, 0.2) is 0 Å². The standard InChI is InChI=1S/C8H7O.3C4H9.Sn/c1-7-4-2-3-5-8(7)6-9;3*1-3-4-2;/h2-6H,1H2;3*1,3-4H2,2H3;. The first-order chi connectivity index (χ1) is 10.7. The summed E-state index contributed by atoms with van der Waals surface area (Å²) in [6.45, 7) is 6.95. The first-order valence-corrected chi connectivity index (χ1v) is 17.3. The number of hydrogen-bond acceptors (Lipinski definition) is 1. The van der Waals surface area contributed by atoms with E-state index in [-0.39, 0.29) is 0 Å². The Balaban J connectivity index is 3.00. The van der Waals surface area contributed by atoms with Crippen molar-refractivity contribution >= 4 is 24.7 Å². The molecule has 1 rings (SSSR count). The van der Waals surface area contributed by atoms with E-state index in [1.54, 1.807) is 0 Å². The Bertz CT molecular complexity index is 406. The third kappa shape index (κ3) is 6.44. The van der Waals surface area contributed by atoms with Crippen molar-refractivity contribution in [3.8, 4) is 0 Å². The van der Waals surface area contributed by atoms with Gasteiger partial charge in [0.1, 0.15) is 0 Å². The van der Waals surface area contributed by atoms with Gasteiger partial charge in [-0.05, 0) is 0 Å². The van der Waals surface area contributed by atoms with E-state index in [9.17, 15) is 4.79 Å². The van der Waals surface area contributed by atoms with Gasteiger partial charge >= 0.3 is 142 Å². The second kappa shape index (κ2) is 11.3. The van der Waals surface area contributed by atoms with Gasteiger partial charge in [-0.2, -0.15) is 0 Å². The molecule has 0 fully saturated rings. The number of unbranched alkanes of at least 4 members (excludes halogenated alkanes) is 3. The zero-order valence-corrected chi connectivity index (χ0v) is 17.7.